The Morgan fingerprint density at radius 2 is 1.57 bits per heavy atom. The number of likely N-dealkylation sites (tertiary alicyclic amines) is 1. The van der Waals surface area contributed by atoms with Crippen LogP contribution in [0.3, 0.4) is 0 Å². The maximum Gasteiger partial charge on any atom is 0.317 e. The number of hydrogen-bond acceptors (Lipinski definition) is 4. The fourth-order valence-electron chi connectivity index (χ4n) is 7.41. The fourth-order valence-corrected chi connectivity index (χ4v) is 7.41. The minimum absolute atomic E-state index is 0.172. The number of nitrogens with zero attached hydrogens (tertiary/aromatic N) is 2. The van der Waals surface area contributed by atoms with E-state index >= 15 is 0 Å². The summed E-state index contributed by atoms with van der Waals surface area (Å²) in [5.41, 5.74) is 16.7. The number of rotatable bonds is 5. The number of aliphatic carboxylic acids is 1. The summed E-state index contributed by atoms with van der Waals surface area (Å²) in [4.78, 5) is 15.9. The molecule has 2 saturated heterocycles. The van der Waals surface area contributed by atoms with Crippen LogP contribution in [0.25, 0.3) is 11.1 Å². The summed E-state index contributed by atoms with van der Waals surface area (Å²) in [6.45, 7) is 4.17. The van der Waals surface area contributed by atoms with E-state index in [9.17, 15) is 9.90 Å². The SMILES string of the molecule is Nc1ccc2c(c1)CCCC(c1ccccc1)=C2c1ccc(N2CCC3(CCCN(CC(=O)O)CCC3)C2)cc1. The number of carbonyl (C=O) groups is 1. The quantitative estimate of drug-likeness (QED) is 0.355. The number of hydrogen-bond donors (Lipinski definition) is 2. The Kier molecular flexibility index (Phi) is 7.66. The van der Waals surface area contributed by atoms with Crippen molar-refractivity contribution in [2.24, 2.45) is 5.41 Å². The summed E-state index contributed by atoms with van der Waals surface area (Å²) < 4.78 is 0. The molecule has 3 aromatic rings. The molecule has 5 heteroatoms. The molecular weight excluding hydrogens is 494 g/mol. The van der Waals surface area contributed by atoms with E-state index in [0.29, 0.717) is 5.41 Å². The summed E-state index contributed by atoms with van der Waals surface area (Å²) in [5.74, 6) is -0.714. The first kappa shape index (κ1) is 26.6. The molecule has 0 radical (unpaired) electrons. The summed E-state index contributed by atoms with van der Waals surface area (Å²) in [5, 5.41) is 9.19. The molecule has 0 bridgehead atoms. The second kappa shape index (κ2) is 11.5. The Labute approximate surface area is 238 Å². The van der Waals surface area contributed by atoms with E-state index < -0.39 is 5.97 Å². The van der Waals surface area contributed by atoms with Gasteiger partial charge in [-0.1, -0.05) is 48.5 Å². The highest BCUT2D eigenvalue weighted by Gasteiger charge is 2.38. The van der Waals surface area contributed by atoms with E-state index in [2.05, 4.69) is 76.5 Å². The summed E-state index contributed by atoms with van der Waals surface area (Å²) in [6, 6.07) is 26.6. The number of carboxylic acid groups (broad SMARTS) is 1. The van der Waals surface area contributed by atoms with E-state index in [-0.39, 0.29) is 6.54 Å². The van der Waals surface area contributed by atoms with Crippen molar-refractivity contribution in [2.75, 3.05) is 43.4 Å². The molecule has 40 heavy (non-hydrogen) atoms. The van der Waals surface area contributed by atoms with Gasteiger partial charge in [0.25, 0.3) is 0 Å². The molecule has 0 atom stereocenters. The number of nitrogen functional groups attached to an aromatic ring is 1. The van der Waals surface area contributed by atoms with Gasteiger partial charge in [0.05, 0.1) is 6.54 Å². The predicted octanol–water partition coefficient (Wildman–Crippen LogP) is 6.72. The molecule has 3 N–H and O–H groups in total. The van der Waals surface area contributed by atoms with Crippen LogP contribution in [0.2, 0.25) is 0 Å². The second-order valence-electron chi connectivity index (χ2n) is 12.1. The van der Waals surface area contributed by atoms with Crippen LogP contribution >= 0.6 is 0 Å². The summed E-state index contributed by atoms with van der Waals surface area (Å²) in [6.07, 6.45) is 8.98. The minimum Gasteiger partial charge on any atom is -0.480 e. The zero-order valence-electron chi connectivity index (χ0n) is 23.4. The number of carboxylic acids is 1. The Balaban J connectivity index is 1.25. The zero-order valence-corrected chi connectivity index (χ0v) is 23.4. The Morgan fingerprint density at radius 3 is 2.30 bits per heavy atom. The van der Waals surface area contributed by atoms with Crippen LogP contribution in [-0.4, -0.2) is 48.7 Å². The Hall–Kier alpha value is -3.57. The van der Waals surface area contributed by atoms with Gasteiger partial charge in [-0.25, -0.2) is 0 Å². The highest BCUT2D eigenvalue weighted by Crippen LogP contribution is 2.44. The van der Waals surface area contributed by atoms with Crippen molar-refractivity contribution in [1.82, 2.24) is 4.90 Å². The average Bonchev–Trinajstić information content (AvgIpc) is 3.27. The largest absolute Gasteiger partial charge is 0.480 e. The normalized spacial score (nSPS) is 19.6. The lowest BCUT2D eigenvalue weighted by Crippen LogP contribution is -2.36. The van der Waals surface area contributed by atoms with Crippen LogP contribution < -0.4 is 10.6 Å². The van der Waals surface area contributed by atoms with Crippen LogP contribution in [0.15, 0.2) is 72.8 Å². The standard InChI is InChI=1S/C35H41N3O2/c36-29-13-16-32-28(23-29)9-4-10-31(26-7-2-1-3-8-26)34(32)27-11-14-30(15-12-27)38-22-19-35(25-38)17-5-20-37(21-6-18-35)24-33(39)40/h1-3,7-8,11-16,23H,4-6,9-10,17-22,24-25,36H2,(H,39,40). The lowest BCUT2D eigenvalue weighted by Gasteiger charge is -2.34. The van der Waals surface area contributed by atoms with Gasteiger partial charge in [0, 0.05) is 24.5 Å². The van der Waals surface area contributed by atoms with E-state index in [1.165, 1.54) is 58.3 Å². The van der Waals surface area contributed by atoms with E-state index in [1.54, 1.807) is 0 Å². The first-order chi connectivity index (χ1) is 19.5. The van der Waals surface area contributed by atoms with Crippen LogP contribution in [-0.2, 0) is 11.2 Å². The van der Waals surface area contributed by atoms with E-state index in [0.717, 1.165) is 64.0 Å². The molecule has 208 valence electrons. The van der Waals surface area contributed by atoms with Gasteiger partial charge in [-0.15, -0.1) is 0 Å². The van der Waals surface area contributed by atoms with Gasteiger partial charge in [-0.2, -0.15) is 0 Å². The molecule has 3 aromatic carbocycles. The van der Waals surface area contributed by atoms with Crippen molar-refractivity contribution in [3.8, 4) is 0 Å². The number of allylic oxidation sites excluding steroid dienone is 1. The van der Waals surface area contributed by atoms with Crippen molar-refractivity contribution in [1.29, 1.82) is 0 Å². The lowest BCUT2D eigenvalue weighted by molar-refractivity contribution is -0.138. The third-order valence-corrected chi connectivity index (χ3v) is 9.38. The first-order valence-corrected chi connectivity index (χ1v) is 15.0. The molecule has 0 aromatic heterocycles. The third-order valence-electron chi connectivity index (χ3n) is 9.38. The molecule has 1 aliphatic carbocycles. The number of benzene rings is 3. The molecule has 0 unspecified atom stereocenters. The maximum atomic E-state index is 11.2. The molecule has 1 spiro atoms. The molecule has 6 rings (SSSR count). The minimum atomic E-state index is -0.714. The molecule has 0 amide bonds. The highest BCUT2D eigenvalue weighted by atomic mass is 16.4. The van der Waals surface area contributed by atoms with Gasteiger partial charge >= 0.3 is 5.97 Å². The third kappa shape index (κ3) is 5.66. The topological polar surface area (TPSA) is 69.8 Å². The molecule has 2 aliphatic heterocycles. The lowest BCUT2D eigenvalue weighted by atomic mass is 9.77. The number of anilines is 2. The number of aryl methyl sites for hydroxylation is 1. The first-order valence-electron chi connectivity index (χ1n) is 15.0. The Bertz CT molecular complexity index is 1370. The summed E-state index contributed by atoms with van der Waals surface area (Å²) >= 11 is 0. The fraction of sp³-hybridized carbons (Fsp3) is 0.400. The van der Waals surface area contributed by atoms with Gasteiger partial charge in [-0.3, -0.25) is 9.69 Å². The predicted molar refractivity (Wildman–Crippen MR) is 164 cm³/mol. The van der Waals surface area contributed by atoms with Crippen LogP contribution in [0.4, 0.5) is 11.4 Å². The maximum absolute atomic E-state index is 11.2. The van der Waals surface area contributed by atoms with E-state index in [4.69, 9.17) is 5.73 Å². The van der Waals surface area contributed by atoms with E-state index in [1.807, 2.05) is 6.07 Å². The van der Waals surface area contributed by atoms with Gasteiger partial charge < -0.3 is 15.7 Å². The smallest absolute Gasteiger partial charge is 0.317 e. The number of fused-ring (bicyclic) bond motifs is 1. The van der Waals surface area contributed by atoms with Crippen molar-refractivity contribution in [3.05, 3.63) is 95.1 Å². The monoisotopic (exact) mass is 535 g/mol. The molecule has 2 fully saturated rings. The Morgan fingerprint density at radius 1 is 0.825 bits per heavy atom. The van der Waals surface area contributed by atoms with Crippen LogP contribution in [0.1, 0.15) is 67.2 Å². The number of nitrogens with two attached hydrogens (primary N) is 1. The molecule has 2 heterocycles. The van der Waals surface area contributed by atoms with Crippen molar-refractivity contribution in [3.63, 3.8) is 0 Å². The van der Waals surface area contributed by atoms with Crippen LogP contribution in [0, 0.1) is 5.41 Å². The highest BCUT2D eigenvalue weighted by molar-refractivity contribution is 6.00. The van der Waals surface area contributed by atoms with Gasteiger partial charge in [-0.05, 0) is 128 Å². The van der Waals surface area contributed by atoms with Crippen LogP contribution in [0.5, 0.6) is 0 Å². The van der Waals surface area contributed by atoms with Crippen molar-refractivity contribution in [2.45, 2.75) is 51.4 Å². The van der Waals surface area contributed by atoms with Gasteiger partial charge in [0.2, 0.25) is 0 Å². The molecule has 3 aliphatic rings. The molecular formula is C35H41N3O2. The van der Waals surface area contributed by atoms with Gasteiger partial charge in [0.1, 0.15) is 0 Å². The second-order valence-corrected chi connectivity index (χ2v) is 12.1. The molecule has 0 saturated carbocycles. The van der Waals surface area contributed by atoms with Crippen molar-refractivity contribution >= 4 is 28.5 Å². The summed E-state index contributed by atoms with van der Waals surface area (Å²) in [7, 11) is 0. The zero-order chi connectivity index (χ0) is 27.5. The molecule has 5 nitrogen and oxygen atoms in total. The van der Waals surface area contributed by atoms with Gasteiger partial charge in [0.15, 0.2) is 0 Å². The van der Waals surface area contributed by atoms with Crippen molar-refractivity contribution < 1.29 is 9.90 Å². The average molecular weight is 536 g/mol.